The molecule has 0 aliphatic rings. The lowest BCUT2D eigenvalue weighted by Crippen LogP contribution is -2.39. The first kappa shape index (κ1) is 15.7. The number of hydrogen-bond acceptors (Lipinski definition) is 5. The van der Waals surface area contributed by atoms with Gasteiger partial charge in [0.2, 0.25) is 5.76 Å². The number of carboxylic acids is 1. The molecule has 6 heteroatoms. The minimum atomic E-state index is -1.09. The number of aliphatic hydroxyl groups is 1. The lowest BCUT2D eigenvalue weighted by molar-refractivity contribution is 0.0225. The second-order valence-corrected chi connectivity index (χ2v) is 4.85. The summed E-state index contributed by atoms with van der Waals surface area (Å²) in [5, 5.41) is 21.9. The van der Waals surface area contributed by atoms with Crippen LogP contribution in [0, 0.1) is 0 Å². The first-order valence-corrected chi connectivity index (χ1v) is 6.13. The molecule has 0 aliphatic carbocycles. The first-order chi connectivity index (χ1) is 8.85. The summed E-state index contributed by atoms with van der Waals surface area (Å²) in [5.74, 6) is -0.653. The molecule has 0 spiro atoms. The van der Waals surface area contributed by atoms with Gasteiger partial charge in [-0.2, -0.15) is 0 Å². The van der Waals surface area contributed by atoms with Crippen LogP contribution in [0.15, 0.2) is 16.5 Å². The van der Waals surface area contributed by atoms with E-state index >= 15 is 0 Å². The molecule has 19 heavy (non-hydrogen) atoms. The quantitative estimate of drug-likeness (QED) is 0.662. The second-order valence-electron chi connectivity index (χ2n) is 4.85. The Hall–Kier alpha value is -1.37. The van der Waals surface area contributed by atoms with E-state index in [4.69, 9.17) is 14.3 Å². The Morgan fingerprint density at radius 3 is 2.79 bits per heavy atom. The molecule has 1 heterocycles. The molecule has 0 saturated carbocycles. The Bertz CT molecular complexity index is 413. The van der Waals surface area contributed by atoms with E-state index < -0.39 is 11.6 Å². The van der Waals surface area contributed by atoms with Crippen molar-refractivity contribution in [1.29, 1.82) is 0 Å². The van der Waals surface area contributed by atoms with Crippen molar-refractivity contribution >= 4 is 5.97 Å². The van der Waals surface area contributed by atoms with Crippen LogP contribution in [0.1, 0.15) is 42.6 Å². The zero-order valence-corrected chi connectivity index (χ0v) is 11.5. The van der Waals surface area contributed by atoms with Crippen LogP contribution in [0.25, 0.3) is 0 Å². The lowest BCUT2D eigenvalue weighted by Gasteiger charge is -2.25. The van der Waals surface area contributed by atoms with E-state index in [2.05, 4.69) is 5.32 Å². The fraction of sp³-hybridized carbons (Fsp3) is 0.615. The first-order valence-electron chi connectivity index (χ1n) is 6.13. The van der Waals surface area contributed by atoms with Crippen molar-refractivity contribution in [3.63, 3.8) is 0 Å². The fourth-order valence-electron chi connectivity index (χ4n) is 1.58. The second kappa shape index (κ2) is 6.70. The lowest BCUT2D eigenvalue weighted by atomic mass is 10.0. The highest BCUT2D eigenvalue weighted by Gasteiger charge is 2.22. The zero-order valence-electron chi connectivity index (χ0n) is 11.5. The molecule has 1 aromatic rings. The van der Waals surface area contributed by atoms with E-state index in [0.29, 0.717) is 25.3 Å². The molecule has 6 nitrogen and oxygen atoms in total. The van der Waals surface area contributed by atoms with Gasteiger partial charge in [0, 0.05) is 26.7 Å². The predicted octanol–water partition coefficient (Wildman–Crippen LogP) is 1.42. The zero-order chi connectivity index (χ0) is 14.5. The highest BCUT2D eigenvalue weighted by molar-refractivity contribution is 5.84. The Labute approximate surface area is 112 Å². The number of furan rings is 1. The molecule has 0 bridgehead atoms. The van der Waals surface area contributed by atoms with Gasteiger partial charge in [-0.05, 0) is 26.0 Å². The van der Waals surface area contributed by atoms with E-state index in [0.717, 1.165) is 0 Å². The third-order valence-electron chi connectivity index (χ3n) is 2.90. The van der Waals surface area contributed by atoms with Crippen molar-refractivity contribution in [2.45, 2.75) is 31.9 Å². The van der Waals surface area contributed by atoms with Crippen LogP contribution in [0.2, 0.25) is 0 Å². The van der Waals surface area contributed by atoms with Gasteiger partial charge in [0.15, 0.2) is 0 Å². The highest BCUT2D eigenvalue weighted by Crippen LogP contribution is 2.17. The van der Waals surface area contributed by atoms with Crippen LogP contribution < -0.4 is 5.32 Å². The van der Waals surface area contributed by atoms with Crippen LogP contribution in [0.4, 0.5) is 0 Å². The summed E-state index contributed by atoms with van der Waals surface area (Å²) in [6, 6.07) is 2.85. The molecule has 3 N–H and O–H groups in total. The van der Waals surface area contributed by atoms with Crippen LogP contribution in [-0.2, 0) is 4.74 Å². The molecular formula is C13H21NO5. The number of carboxylic acid groups (broad SMARTS) is 1. The van der Waals surface area contributed by atoms with Crippen molar-refractivity contribution in [2.75, 3.05) is 20.3 Å². The van der Waals surface area contributed by atoms with Crippen molar-refractivity contribution < 1.29 is 24.2 Å². The van der Waals surface area contributed by atoms with Gasteiger partial charge < -0.3 is 24.7 Å². The molecule has 2 unspecified atom stereocenters. The van der Waals surface area contributed by atoms with Crippen LogP contribution >= 0.6 is 0 Å². The van der Waals surface area contributed by atoms with Gasteiger partial charge in [0.05, 0.1) is 11.6 Å². The molecule has 0 fully saturated rings. The summed E-state index contributed by atoms with van der Waals surface area (Å²) >= 11 is 0. The van der Waals surface area contributed by atoms with Crippen molar-refractivity contribution in [2.24, 2.45) is 0 Å². The molecule has 0 amide bonds. The maximum Gasteiger partial charge on any atom is 0.371 e. The summed E-state index contributed by atoms with van der Waals surface area (Å²) in [4.78, 5) is 10.7. The molecule has 108 valence electrons. The monoisotopic (exact) mass is 271 g/mol. The van der Waals surface area contributed by atoms with Gasteiger partial charge in [0.25, 0.3) is 0 Å². The average Bonchev–Trinajstić information content (AvgIpc) is 2.83. The van der Waals surface area contributed by atoms with E-state index in [9.17, 15) is 9.90 Å². The van der Waals surface area contributed by atoms with Crippen molar-refractivity contribution in [3.8, 4) is 0 Å². The molecule has 1 rings (SSSR count). The van der Waals surface area contributed by atoms with E-state index in [1.165, 1.54) is 6.07 Å². The average molecular weight is 271 g/mol. The summed E-state index contributed by atoms with van der Waals surface area (Å²) in [6.07, 6.45) is 0.516. The number of nitrogens with one attached hydrogen (secondary N) is 1. The number of methoxy groups -OCH3 is 1. The number of rotatable bonds is 8. The molecule has 1 aromatic heterocycles. The van der Waals surface area contributed by atoms with Crippen molar-refractivity contribution in [1.82, 2.24) is 5.32 Å². The summed E-state index contributed by atoms with van der Waals surface area (Å²) < 4.78 is 10.1. The third kappa shape index (κ3) is 5.02. The van der Waals surface area contributed by atoms with Crippen LogP contribution in [0.3, 0.4) is 0 Å². The van der Waals surface area contributed by atoms with Gasteiger partial charge in [0.1, 0.15) is 5.76 Å². The Morgan fingerprint density at radius 2 is 2.26 bits per heavy atom. The van der Waals surface area contributed by atoms with E-state index in [-0.39, 0.29) is 11.8 Å². The molecule has 0 aliphatic heterocycles. The molecule has 0 saturated heterocycles. The maximum atomic E-state index is 10.7. The van der Waals surface area contributed by atoms with Gasteiger partial charge >= 0.3 is 5.97 Å². The smallest absolute Gasteiger partial charge is 0.371 e. The predicted molar refractivity (Wildman–Crippen MR) is 69.2 cm³/mol. The van der Waals surface area contributed by atoms with Gasteiger partial charge in [-0.25, -0.2) is 4.79 Å². The van der Waals surface area contributed by atoms with Crippen molar-refractivity contribution in [3.05, 3.63) is 23.7 Å². The summed E-state index contributed by atoms with van der Waals surface area (Å²) in [6.45, 7) is 4.40. The Balaban J connectivity index is 2.50. The Kier molecular flexibility index (Phi) is 5.53. The largest absolute Gasteiger partial charge is 0.475 e. The number of ether oxygens (including phenoxy) is 1. The van der Waals surface area contributed by atoms with Crippen LogP contribution in [-0.4, -0.2) is 42.0 Å². The van der Waals surface area contributed by atoms with Gasteiger partial charge in [-0.1, -0.05) is 0 Å². The molecule has 0 radical (unpaired) electrons. The number of hydrogen-bond donors (Lipinski definition) is 3. The SMILES string of the molecule is COCCC(C)(O)CNC(C)c1ccc(C(=O)O)o1. The van der Waals surface area contributed by atoms with Gasteiger partial charge in [-0.15, -0.1) is 0 Å². The van der Waals surface area contributed by atoms with E-state index in [1.807, 2.05) is 6.92 Å². The topological polar surface area (TPSA) is 91.9 Å². The number of aromatic carboxylic acids is 1. The normalized spacial score (nSPS) is 16.0. The minimum absolute atomic E-state index is 0.0882. The highest BCUT2D eigenvalue weighted by atomic mass is 16.5. The Morgan fingerprint density at radius 1 is 1.58 bits per heavy atom. The third-order valence-corrected chi connectivity index (χ3v) is 2.90. The summed E-state index contributed by atoms with van der Waals surface area (Å²) in [5.41, 5.74) is -0.882. The molecular weight excluding hydrogens is 250 g/mol. The fourth-order valence-corrected chi connectivity index (χ4v) is 1.58. The minimum Gasteiger partial charge on any atom is -0.475 e. The van der Waals surface area contributed by atoms with Gasteiger partial charge in [-0.3, -0.25) is 0 Å². The standard InChI is InChI=1S/C13H21NO5/c1-9(10-4-5-11(19-10)12(15)16)14-8-13(2,17)6-7-18-3/h4-5,9,14,17H,6-8H2,1-3H3,(H,15,16). The van der Waals surface area contributed by atoms with Crippen LogP contribution in [0.5, 0.6) is 0 Å². The molecule has 0 aromatic carbocycles. The summed E-state index contributed by atoms with van der Waals surface area (Å²) in [7, 11) is 1.59. The van der Waals surface area contributed by atoms with E-state index in [1.54, 1.807) is 20.1 Å². The molecule has 2 atom stereocenters. The number of carbonyl (C=O) groups is 1. The maximum absolute atomic E-state index is 10.7.